The van der Waals surface area contributed by atoms with Crippen molar-refractivity contribution in [3.8, 4) is 28.7 Å². The Morgan fingerprint density at radius 3 is 1.00 bits per heavy atom. The molecule has 6 rings (SSSR count). The van der Waals surface area contributed by atoms with E-state index in [1.807, 2.05) is 0 Å². The molecule has 5 aromatic rings. The lowest BCUT2D eigenvalue weighted by Crippen LogP contribution is -2.62. The molecular weight excluding hydrogens is 1760 g/mol. The Labute approximate surface area is 780 Å². The molecule has 1 fully saturated rings. The summed E-state index contributed by atoms with van der Waals surface area (Å²) in [7, 11) is 0. The fraction of sp³-hybridized carbons (Fsp3) is 0.489. The van der Waals surface area contributed by atoms with Gasteiger partial charge < -0.3 is 138 Å². The Kier molecular flexibility index (Phi) is 43.5. The first-order valence-corrected chi connectivity index (χ1v) is 44.4. The van der Waals surface area contributed by atoms with Crippen molar-refractivity contribution in [2.75, 3.05) is 26.3 Å². The van der Waals surface area contributed by atoms with E-state index in [1.54, 1.807) is 55.4 Å². The highest BCUT2D eigenvalue weighted by Crippen LogP contribution is 2.25. The number of aliphatic hydroxyl groups excluding tert-OH is 2. The third-order valence-electron chi connectivity index (χ3n) is 22.0. The normalized spacial score (nSPS) is 15.5. The lowest BCUT2D eigenvalue weighted by atomic mass is 9.98. The van der Waals surface area contributed by atoms with Crippen molar-refractivity contribution < 1.29 is 122 Å². The van der Waals surface area contributed by atoms with Gasteiger partial charge in [-0.3, -0.25) is 81.5 Å². The van der Waals surface area contributed by atoms with E-state index in [4.69, 9.17) is 22.9 Å². The molecule has 736 valence electrons. The van der Waals surface area contributed by atoms with Crippen LogP contribution in [0.3, 0.4) is 0 Å². The molecule has 0 bridgehead atoms. The summed E-state index contributed by atoms with van der Waals surface area (Å²) in [5.74, 6) is -20.4. The molecule has 135 heavy (non-hydrogen) atoms. The number of phenols is 5. The number of aliphatic carboxylic acids is 1. The number of likely N-dealkylation sites (tertiary alicyclic amines) is 1. The predicted molar refractivity (Wildman–Crippen MR) is 488 cm³/mol. The van der Waals surface area contributed by atoms with E-state index >= 15 is 14.4 Å². The van der Waals surface area contributed by atoms with Gasteiger partial charge >= 0.3 is 5.97 Å². The number of carbonyl (C=O) groups is 17. The highest BCUT2D eigenvalue weighted by Gasteiger charge is 2.43. The number of nitrogens with zero attached hydrogens (tertiary/aromatic N) is 1. The molecule has 1 saturated heterocycles. The minimum absolute atomic E-state index is 0.00189. The topological polar surface area (TPSA) is 716 Å². The number of aliphatic hydroxyl groups is 2. The van der Waals surface area contributed by atoms with E-state index < -0.39 is 235 Å². The Hall–Kier alpha value is -14.1. The molecule has 43 nitrogen and oxygen atoms in total. The van der Waals surface area contributed by atoms with E-state index in [0.29, 0.717) is 34.2 Å². The van der Waals surface area contributed by atoms with Crippen molar-refractivity contribution in [3.05, 3.63) is 149 Å². The first-order chi connectivity index (χ1) is 63.8. The standard InChI is InChI=1S/C92H128N18O25/c1-47(2)36-63(99-82(125)64(38-51-14-24-56(113)25-15-51)98-79(122)61(94)43-75(119)120)81(124)103-69(44-74(95)118)86(129)97-62(12-9-10-34-93)80(123)109-77(50(7)8)91(134)105-70(37-48(3)4)92(135)110-35-11-13-73(110)90(133)104-67(41-54-20-30-59(116)31-21-54)84(127)100-66(40-53-18-28-58(115)29-19-53)85(128)106-72(46-112)89(132)107-71(45-111)88(131)102-65(39-52-16-26-57(114)27-17-52)83(126)101-68(42-55-22-32-60(117)33-23-55)87(130)108-76(49(5)6)78(96)121/h14-33,47-50,61-73,76-77,111-117H,9-13,34-46,93-94H2,1-8H3,(H2,95,118)(H2,96,121)(H,97,129)(H,98,122)(H,99,125)(H,100,127)(H,101,126)(H,102,131)(H,103,124)(H,104,133)(H,105,134)(H,106,128)(H,107,132)(H,108,130)(H,109,123)(H,119,120)/t61-,62-,63-,64-,65-,66-,67-,68-,69-,70-,71-,72-,73-,76-,77-/m0/s1. The highest BCUT2D eigenvalue weighted by atomic mass is 16.4. The first-order valence-electron chi connectivity index (χ1n) is 44.4. The summed E-state index contributed by atoms with van der Waals surface area (Å²) in [6, 6.07) is 3.44. The minimum Gasteiger partial charge on any atom is -0.508 e. The van der Waals surface area contributed by atoms with Gasteiger partial charge in [0.2, 0.25) is 94.5 Å². The Morgan fingerprint density at radius 1 is 0.356 bits per heavy atom. The van der Waals surface area contributed by atoms with Crippen molar-refractivity contribution in [3.63, 3.8) is 0 Å². The number of phenolic OH excluding ortho intramolecular Hbond substituents is 5. The number of hydrogen-bond donors (Lipinski definition) is 25. The maximum absolute atomic E-state index is 15.2. The molecule has 0 saturated carbocycles. The Balaban J connectivity index is 1.21. The van der Waals surface area contributed by atoms with Crippen molar-refractivity contribution in [2.24, 2.45) is 46.6 Å². The second-order valence-corrected chi connectivity index (χ2v) is 34.9. The maximum Gasteiger partial charge on any atom is 0.305 e. The second kappa shape index (κ2) is 53.6. The molecule has 43 heteroatoms. The number of rotatable bonds is 54. The molecule has 1 aliphatic rings. The summed E-state index contributed by atoms with van der Waals surface area (Å²) in [5.41, 5.74) is 24.7. The number of carboxylic acids is 1. The van der Waals surface area contributed by atoms with Crippen LogP contribution in [0.25, 0.3) is 0 Å². The van der Waals surface area contributed by atoms with E-state index in [9.17, 15) is 108 Å². The number of amides is 16. The zero-order chi connectivity index (χ0) is 100. The predicted octanol–water partition coefficient (Wildman–Crippen LogP) is -3.30. The molecule has 29 N–H and O–H groups in total. The molecule has 5 aromatic carbocycles. The maximum atomic E-state index is 15.2. The highest BCUT2D eigenvalue weighted by molar-refractivity contribution is 6.02. The molecule has 1 aliphatic heterocycles. The van der Waals surface area contributed by atoms with Crippen molar-refractivity contribution in [2.45, 2.75) is 236 Å². The summed E-state index contributed by atoms with van der Waals surface area (Å²) in [6.07, 6.45) is -2.85. The minimum atomic E-state index is -1.99. The van der Waals surface area contributed by atoms with Crippen LogP contribution in [0.1, 0.15) is 141 Å². The largest absolute Gasteiger partial charge is 0.508 e. The van der Waals surface area contributed by atoms with Crippen LogP contribution in [0.5, 0.6) is 28.7 Å². The zero-order valence-electron chi connectivity index (χ0n) is 76.5. The number of primary amides is 2. The van der Waals surface area contributed by atoms with Crippen LogP contribution in [-0.4, -0.2) is 263 Å². The van der Waals surface area contributed by atoms with Gasteiger partial charge in [0.15, 0.2) is 0 Å². The molecular formula is C92H128N18O25. The molecule has 16 amide bonds. The van der Waals surface area contributed by atoms with Crippen molar-refractivity contribution in [1.29, 1.82) is 0 Å². The molecule has 15 atom stereocenters. The van der Waals surface area contributed by atoms with Gasteiger partial charge in [0.05, 0.1) is 32.1 Å². The molecule has 0 aliphatic carbocycles. The summed E-state index contributed by atoms with van der Waals surface area (Å²) in [6.45, 7) is 11.0. The van der Waals surface area contributed by atoms with E-state index in [1.165, 1.54) is 126 Å². The van der Waals surface area contributed by atoms with Crippen molar-refractivity contribution in [1.82, 2.24) is 74.0 Å². The van der Waals surface area contributed by atoms with E-state index in [-0.39, 0.29) is 118 Å². The van der Waals surface area contributed by atoms with Crippen LogP contribution < -0.4 is 92.1 Å². The van der Waals surface area contributed by atoms with Crippen LogP contribution in [0, 0.1) is 23.7 Å². The van der Waals surface area contributed by atoms with Crippen LogP contribution in [0.15, 0.2) is 121 Å². The van der Waals surface area contributed by atoms with Gasteiger partial charge in [-0.2, -0.15) is 0 Å². The van der Waals surface area contributed by atoms with Crippen LogP contribution in [-0.2, 0) is 114 Å². The van der Waals surface area contributed by atoms with Gasteiger partial charge in [0.25, 0.3) is 0 Å². The van der Waals surface area contributed by atoms with Crippen LogP contribution >= 0.6 is 0 Å². The molecule has 0 radical (unpaired) electrons. The Bertz CT molecular complexity index is 4890. The quantitative estimate of drug-likeness (QED) is 0.0170. The smallest absolute Gasteiger partial charge is 0.305 e. The number of carboxylic acid groups (broad SMARTS) is 1. The molecule has 0 spiro atoms. The van der Waals surface area contributed by atoms with E-state index in [0.717, 1.165) is 0 Å². The number of carbonyl (C=O) groups excluding carboxylic acids is 16. The third-order valence-corrected chi connectivity index (χ3v) is 22.0. The molecule has 1 heterocycles. The average Bonchev–Trinajstić information content (AvgIpc) is 1.74. The van der Waals surface area contributed by atoms with Gasteiger partial charge in [-0.25, -0.2) is 0 Å². The van der Waals surface area contributed by atoms with Crippen molar-refractivity contribution >= 4 is 100 Å². The monoisotopic (exact) mass is 1880 g/mol. The lowest BCUT2D eigenvalue weighted by molar-refractivity contribution is -0.143. The number of nitrogens with two attached hydrogens (primary N) is 4. The number of nitrogens with one attached hydrogen (secondary N) is 13. The van der Waals surface area contributed by atoms with Crippen LogP contribution in [0.4, 0.5) is 0 Å². The fourth-order valence-corrected chi connectivity index (χ4v) is 14.7. The first kappa shape index (κ1) is 110. The van der Waals surface area contributed by atoms with Gasteiger partial charge in [-0.05, 0) is 164 Å². The number of unbranched alkanes of at least 4 members (excludes halogenated alkanes) is 1. The molecule has 0 aromatic heterocycles. The fourth-order valence-electron chi connectivity index (χ4n) is 14.7. The lowest BCUT2D eigenvalue weighted by Gasteiger charge is -2.32. The SMILES string of the molecule is CC(C)C[C@H](NC(=O)[C@H](Cc1ccc(O)cc1)NC(=O)[C@@H](N)CC(=O)O)C(=O)N[C@@H](CC(N)=O)C(=O)N[C@@H](CCCCN)C(=O)N[C@H](C(=O)N[C@@H](CC(C)C)C(=O)N1CCC[C@H]1C(=O)N[C@@H](Cc1ccc(O)cc1)C(=O)N[C@@H](Cc1ccc(O)cc1)C(=O)N[C@@H](CO)C(=O)N[C@@H](CO)C(=O)N[C@@H](Cc1ccc(O)cc1)C(=O)N[C@@H](Cc1ccc(O)cc1)C(=O)N[C@H](C(N)=O)C(C)C)C(C)C. The third kappa shape index (κ3) is 36.1. The van der Waals surface area contributed by atoms with E-state index in [2.05, 4.69) is 69.1 Å². The average molecular weight is 1890 g/mol. The number of benzene rings is 5. The van der Waals surface area contributed by atoms with Gasteiger partial charge in [0.1, 0.15) is 113 Å². The van der Waals surface area contributed by atoms with Gasteiger partial charge in [0, 0.05) is 38.6 Å². The summed E-state index contributed by atoms with van der Waals surface area (Å²) < 4.78 is 0. The van der Waals surface area contributed by atoms with Crippen LogP contribution in [0.2, 0.25) is 0 Å². The van der Waals surface area contributed by atoms with Gasteiger partial charge in [-0.15, -0.1) is 0 Å². The van der Waals surface area contributed by atoms with Gasteiger partial charge in [-0.1, -0.05) is 116 Å². The number of hydrogen-bond acceptors (Lipinski definition) is 26. The zero-order valence-corrected chi connectivity index (χ0v) is 76.5. The summed E-state index contributed by atoms with van der Waals surface area (Å²) in [4.78, 5) is 241. The Morgan fingerprint density at radius 2 is 0.652 bits per heavy atom. The summed E-state index contributed by atoms with van der Waals surface area (Å²) >= 11 is 0. The second-order valence-electron chi connectivity index (χ2n) is 34.9. The number of aromatic hydroxyl groups is 5. The molecule has 0 unspecified atom stereocenters. The summed E-state index contributed by atoms with van der Waals surface area (Å²) in [5, 5.41) is 114.